The van der Waals surface area contributed by atoms with Crippen LogP contribution in [0.25, 0.3) is 10.8 Å². The van der Waals surface area contributed by atoms with Gasteiger partial charge in [0.25, 0.3) is 0 Å². The third-order valence-corrected chi connectivity index (χ3v) is 8.54. The lowest BCUT2D eigenvalue weighted by atomic mass is 9.83. The first-order valence-electron chi connectivity index (χ1n) is 13.0. The smallest absolute Gasteiger partial charge is 0.215 e. The minimum absolute atomic E-state index is 0.0553. The van der Waals surface area contributed by atoms with Gasteiger partial charge in [0, 0.05) is 12.1 Å². The summed E-state index contributed by atoms with van der Waals surface area (Å²) in [6.45, 7) is 0.775. The molecule has 4 aromatic rings. The number of nitrogens with two attached hydrogens (primary N) is 1. The van der Waals surface area contributed by atoms with Crippen LogP contribution in [-0.4, -0.2) is 27.9 Å². The molecule has 0 heterocycles. The van der Waals surface area contributed by atoms with Crippen molar-refractivity contribution in [1.29, 1.82) is 5.41 Å². The Morgan fingerprint density at radius 2 is 1.79 bits per heavy atom. The molecule has 0 amide bonds. The Bertz CT molecular complexity index is 1620. The number of hydrogen-bond acceptors (Lipinski definition) is 5. The number of ether oxygens (including phenoxy) is 2. The summed E-state index contributed by atoms with van der Waals surface area (Å²) >= 11 is 0. The van der Waals surface area contributed by atoms with Crippen LogP contribution in [0.4, 0.5) is 0 Å². The summed E-state index contributed by atoms with van der Waals surface area (Å²) in [6.07, 6.45) is 2.93. The summed E-state index contributed by atoms with van der Waals surface area (Å²) in [5, 5.41) is 9.72. The van der Waals surface area contributed by atoms with Gasteiger partial charge >= 0.3 is 0 Å². The molecule has 5 rings (SSSR count). The van der Waals surface area contributed by atoms with Crippen LogP contribution in [-0.2, 0) is 28.8 Å². The van der Waals surface area contributed by atoms with Gasteiger partial charge in [-0.3, -0.25) is 5.41 Å². The highest BCUT2D eigenvalue weighted by Crippen LogP contribution is 2.34. The zero-order valence-electron chi connectivity index (χ0n) is 21.9. The fourth-order valence-electron chi connectivity index (χ4n) is 5.16. The van der Waals surface area contributed by atoms with Crippen molar-refractivity contribution in [2.24, 2.45) is 5.73 Å². The molecule has 7 nitrogen and oxygen atoms in total. The van der Waals surface area contributed by atoms with Crippen molar-refractivity contribution in [2.45, 2.75) is 37.5 Å². The average Bonchev–Trinajstić information content (AvgIpc) is 2.94. The molecule has 1 aliphatic carbocycles. The van der Waals surface area contributed by atoms with E-state index < -0.39 is 10.0 Å². The molecule has 0 saturated heterocycles. The Morgan fingerprint density at radius 3 is 2.62 bits per heavy atom. The molecular weight excluding hydrogens is 510 g/mol. The lowest BCUT2D eigenvalue weighted by molar-refractivity contribution is 0.305. The summed E-state index contributed by atoms with van der Waals surface area (Å²) in [6, 6.07) is 25.1. The highest BCUT2D eigenvalue weighted by molar-refractivity contribution is 7.88. The number of fused-ring (bicyclic) bond motifs is 2. The number of methoxy groups -OCH3 is 1. The standard InChI is InChI=1S/C31H33N3O4S/c1-37-28-7-2-4-22(15-28)20-39(35,36)34-18-27-6-3-5-23-12-13-29(17-30(23)27)38-19-21-8-9-25-16-26(31(32)33)11-10-24(25)14-21/h2,4,7-17,27,34H,3,5-6,18-20H2,1H3,(H3,32,33). The van der Waals surface area contributed by atoms with Gasteiger partial charge in [-0.2, -0.15) is 0 Å². The first kappa shape index (κ1) is 26.7. The largest absolute Gasteiger partial charge is 0.497 e. The topological polar surface area (TPSA) is 115 Å². The van der Waals surface area contributed by atoms with Crippen molar-refractivity contribution < 1.29 is 17.9 Å². The maximum atomic E-state index is 12.8. The Balaban J connectivity index is 1.24. The van der Waals surface area contributed by atoms with E-state index in [4.69, 9.17) is 20.6 Å². The Morgan fingerprint density at radius 1 is 0.974 bits per heavy atom. The molecule has 1 aliphatic rings. The predicted molar refractivity (Wildman–Crippen MR) is 155 cm³/mol. The van der Waals surface area contributed by atoms with Crippen LogP contribution in [0.15, 0.2) is 78.9 Å². The van der Waals surface area contributed by atoms with Crippen molar-refractivity contribution in [3.05, 3.63) is 107 Å². The zero-order chi connectivity index (χ0) is 27.4. The molecule has 0 saturated carbocycles. The molecule has 0 bridgehead atoms. The lowest BCUT2D eigenvalue weighted by Gasteiger charge is -2.26. The second-order valence-electron chi connectivity index (χ2n) is 10.0. The highest BCUT2D eigenvalue weighted by atomic mass is 32.2. The van der Waals surface area contributed by atoms with Crippen molar-refractivity contribution in [3.63, 3.8) is 0 Å². The molecule has 0 aliphatic heterocycles. The number of rotatable bonds is 10. The summed E-state index contributed by atoms with van der Waals surface area (Å²) < 4.78 is 39.9. The first-order chi connectivity index (χ1) is 18.8. The maximum Gasteiger partial charge on any atom is 0.215 e. The molecule has 1 atom stereocenters. The molecule has 0 fully saturated rings. The van der Waals surface area contributed by atoms with Crippen LogP contribution in [0, 0.1) is 5.41 Å². The maximum absolute atomic E-state index is 12.8. The second kappa shape index (κ2) is 11.5. The lowest BCUT2D eigenvalue weighted by Crippen LogP contribution is -2.31. The molecule has 0 aromatic heterocycles. The van der Waals surface area contributed by atoms with Gasteiger partial charge in [0.15, 0.2) is 0 Å². The van der Waals surface area contributed by atoms with Gasteiger partial charge in [-0.1, -0.05) is 42.5 Å². The number of hydrogen-bond donors (Lipinski definition) is 3. The van der Waals surface area contributed by atoms with E-state index in [9.17, 15) is 8.42 Å². The number of nitrogen functional groups attached to an aromatic ring is 1. The molecule has 0 radical (unpaired) electrons. The van der Waals surface area contributed by atoms with E-state index in [-0.39, 0.29) is 17.5 Å². The van der Waals surface area contributed by atoms with Crippen LogP contribution in [0.5, 0.6) is 11.5 Å². The van der Waals surface area contributed by atoms with E-state index in [1.807, 2.05) is 36.4 Å². The van der Waals surface area contributed by atoms with Crippen LogP contribution < -0.4 is 19.9 Å². The van der Waals surface area contributed by atoms with E-state index in [2.05, 4.69) is 22.9 Å². The van der Waals surface area contributed by atoms with Crippen molar-refractivity contribution in [2.75, 3.05) is 13.7 Å². The normalized spacial score (nSPS) is 15.1. The summed E-state index contributed by atoms with van der Waals surface area (Å²) in [4.78, 5) is 0. The van der Waals surface area contributed by atoms with E-state index in [1.165, 1.54) is 5.56 Å². The number of aryl methyl sites for hydroxylation is 1. The molecule has 0 spiro atoms. The minimum Gasteiger partial charge on any atom is -0.497 e. The molecule has 4 aromatic carbocycles. The fraction of sp³-hybridized carbons (Fsp3) is 0.258. The van der Waals surface area contributed by atoms with Crippen LogP contribution in [0.2, 0.25) is 0 Å². The third-order valence-electron chi connectivity index (χ3n) is 7.22. The first-order valence-corrected chi connectivity index (χ1v) is 14.7. The Labute approximate surface area is 229 Å². The van der Waals surface area contributed by atoms with Gasteiger partial charge in [0.1, 0.15) is 23.9 Å². The number of amidine groups is 1. The van der Waals surface area contributed by atoms with Crippen molar-refractivity contribution in [1.82, 2.24) is 4.72 Å². The minimum atomic E-state index is -3.50. The number of sulfonamides is 1. The molecule has 39 heavy (non-hydrogen) atoms. The zero-order valence-corrected chi connectivity index (χ0v) is 22.8. The Kier molecular flexibility index (Phi) is 7.86. The summed E-state index contributed by atoms with van der Waals surface area (Å²) in [5.74, 6) is 1.47. The molecule has 4 N–H and O–H groups in total. The van der Waals surface area contributed by atoms with E-state index in [0.29, 0.717) is 30.0 Å². The molecular formula is C31H33N3O4S. The summed E-state index contributed by atoms with van der Waals surface area (Å²) in [7, 11) is -1.93. The van der Waals surface area contributed by atoms with Gasteiger partial charge in [-0.25, -0.2) is 13.1 Å². The van der Waals surface area contributed by atoms with Crippen molar-refractivity contribution in [3.8, 4) is 11.5 Å². The van der Waals surface area contributed by atoms with Crippen molar-refractivity contribution >= 4 is 26.6 Å². The van der Waals surface area contributed by atoms with Gasteiger partial charge in [-0.05, 0) is 94.6 Å². The monoisotopic (exact) mass is 543 g/mol. The highest BCUT2D eigenvalue weighted by Gasteiger charge is 2.23. The van der Waals surface area contributed by atoms with Gasteiger partial charge in [0.05, 0.1) is 12.9 Å². The molecule has 1 unspecified atom stereocenters. The van der Waals surface area contributed by atoms with E-state index in [0.717, 1.165) is 46.9 Å². The predicted octanol–water partition coefficient (Wildman–Crippen LogP) is 5.25. The quantitative estimate of drug-likeness (QED) is 0.187. The fourth-order valence-corrected chi connectivity index (χ4v) is 6.33. The van der Waals surface area contributed by atoms with E-state index in [1.54, 1.807) is 31.4 Å². The van der Waals surface area contributed by atoms with Crippen LogP contribution >= 0.6 is 0 Å². The third kappa shape index (κ3) is 6.58. The SMILES string of the molecule is COc1cccc(CS(=O)(=O)NCC2CCCc3ccc(OCc4ccc5cc(C(=N)N)ccc5c4)cc32)c1. The van der Waals surface area contributed by atoms with Gasteiger partial charge in [0.2, 0.25) is 10.0 Å². The van der Waals surface area contributed by atoms with Gasteiger partial charge in [-0.15, -0.1) is 0 Å². The Hall–Kier alpha value is -3.88. The van der Waals surface area contributed by atoms with E-state index >= 15 is 0 Å². The number of nitrogens with one attached hydrogen (secondary N) is 2. The van der Waals surface area contributed by atoms with Crippen LogP contribution in [0.1, 0.15) is 46.6 Å². The summed E-state index contributed by atoms with van der Waals surface area (Å²) in [5.41, 5.74) is 10.4. The molecule has 202 valence electrons. The number of benzene rings is 4. The van der Waals surface area contributed by atoms with Crippen LogP contribution in [0.3, 0.4) is 0 Å². The second-order valence-corrected chi connectivity index (χ2v) is 11.8. The van der Waals surface area contributed by atoms with Gasteiger partial charge < -0.3 is 15.2 Å². The molecule has 8 heteroatoms. The average molecular weight is 544 g/mol.